The van der Waals surface area contributed by atoms with Crippen LogP contribution in [0.4, 0.5) is 0 Å². The molecule has 0 saturated heterocycles. The van der Waals surface area contributed by atoms with Gasteiger partial charge in [0.05, 0.1) is 19.6 Å². The molecule has 3 nitrogen and oxygen atoms in total. The van der Waals surface area contributed by atoms with Crippen LogP contribution in [0.25, 0.3) is 0 Å². The zero-order valence-electron chi connectivity index (χ0n) is 13.8. The van der Waals surface area contributed by atoms with Crippen LogP contribution in [-0.4, -0.2) is 20.0 Å². The average molecular weight is 298 g/mol. The van der Waals surface area contributed by atoms with Gasteiger partial charge in [0.2, 0.25) is 0 Å². The third-order valence-electron chi connectivity index (χ3n) is 4.04. The van der Waals surface area contributed by atoms with Gasteiger partial charge in [0.25, 0.3) is 0 Å². The molecule has 0 radical (unpaired) electrons. The van der Waals surface area contributed by atoms with Gasteiger partial charge in [-0.05, 0) is 44.0 Å². The Labute approximate surface area is 131 Å². The zero-order chi connectivity index (χ0) is 16.3. The van der Waals surface area contributed by atoms with Gasteiger partial charge in [0.1, 0.15) is 0 Å². The first-order chi connectivity index (χ1) is 10.4. The summed E-state index contributed by atoms with van der Waals surface area (Å²) in [6.45, 7) is 5.80. The molecule has 0 unspecified atom stereocenters. The minimum absolute atomic E-state index is 0.0668. The number of benzene rings is 2. The predicted octanol–water partition coefficient (Wildman–Crippen LogP) is 4.17. The van der Waals surface area contributed by atoms with Crippen molar-refractivity contribution in [1.29, 1.82) is 0 Å². The quantitative estimate of drug-likeness (QED) is 0.777. The minimum Gasteiger partial charge on any atom is -0.493 e. The topological polar surface area (TPSA) is 35.5 Å². The number of ketones is 1. The van der Waals surface area contributed by atoms with Crippen LogP contribution >= 0.6 is 0 Å². The Balaban J connectivity index is 2.49. The van der Waals surface area contributed by atoms with Crippen molar-refractivity contribution in [3.8, 4) is 11.5 Å². The van der Waals surface area contributed by atoms with Crippen molar-refractivity contribution in [3.63, 3.8) is 0 Å². The Hall–Kier alpha value is -2.29. The average Bonchev–Trinajstić information content (AvgIpc) is 2.54. The Morgan fingerprint density at radius 2 is 1.50 bits per heavy atom. The molecule has 2 rings (SSSR count). The number of carbonyl (C=O) groups is 1. The van der Waals surface area contributed by atoms with E-state index in [0.717, 1.165) is 11.1 Å². The smallest absolute Gasteiger partial charge is 0.173 e. The molecule has 2 aromatic rings. The second kappa shape index (κ2) is 6.22. The van der Waals surface area contributed by atoms with Crippen molar-refractivity contribution in [3.05, 3.63) is 59.2 Å². The van der Waals surface area contributed by atoms with E-state index in [2.05, 4.69) is 0 Å². The van der Waals surface area contributed by atoms with Crippen LogP contribution in [0.3, 0.4) is 0 Å². The molecule has 2 aromatic carbocycles. The standard InChI is InChI=1S/C19H22O3/c1-13-11-16(21-4)17(22-5)12-15(13)18(20)19(2,3)14-9-7-6-8-10-14/h6-12H,1-5H3. The molecule has 0 bridgehead atoms. The number of Topliss-reactive ketones (excluding diaryl/α,β-unsaturated/α-hetero) is 1. The highest BCUT2D eigenvalue weighted by Gasteiger charge is 2.32. The Kier molecular flexibility index (Phi) is 4.55. The van der Waals surface area contributed by atoms with Gasteiger partial charge in [0.15, 0.2) is 17.3 Å². The number of rotatable bonds is 5. The molecule has 0 spiro atoms. The van der Waals surface area contributed by atoms with E-state index in [9.17, 15) is 4.79 Å². The lowest BCUT2D eigenvalue weighted by molar-refractivity contribution is 0.0907. The van der Waals surface area contributed by atoms with E-state index in [1.54, 1.807) is 20.3 Å². The summed E-state index contributed by atoms with van der Waals surface area (Å²) in [5.74, 6) is 1.27. The van der Waals surface area contributed by atoms with Crippen LogP contribution in [0.1, 0.15) is 35.3 Å². The van der Waals surface area contributed by atoms with Crippen LogP contribution in [-0.2, 0) is 5.41 Å². The van der Waals surface area contributed by atoms with Crippen molar-refractivity contribution >= 4 is 5.78 Å². The third-order valence-corrected chi connectivity index (χ3v) is 4.04. The normalized spacial score (nSPS) is 11.1. The van der Waals surface area contributed by atoms with Crippen LogP contribution < -0.4 is 9.47 Å². The summed E-state index contributed by atoms with van der Waals surface area (Å²) in [6.07, 6.45) is 0. The first kappa shape index (κ1) is 16.1. The molecule has 0 saturated carbocycles. The molecule has 0 aliphatic rings. The summed E-state index contributed by atoms with van der Waals surface area (Å²) in [6, 6.07) is 13.4. The van der Waals surface area contributed by atoms with Crippen molar-refractivity contribution in [2.75, 3.05) is 14.2 Å². The summed E-state index contributed by atoms with van der Waals surface area (Å²) in [7, 11) is 3.16. The van der Waals surface area contributed by atoms with Crippen molar-refractivity contribution in [2.45, 2.75) is 26.2 Å². The first-order valence-electron chi connectivity index (χ1n) is 7.24. The van der Waals surface area contributed by atoms with Crippen LogP contribution in [0.2, 0.25) is 0 Å². The van der Waals surface area contributed by atoms with Gasteiger partial charge < -0.3 is 9.47 Å². The molecular weight excluding hydrogens is 276 g/mol. The van der Waals surface area contributed by atoms with E-state index in [1.807, 2.05) is 57.2 Å². The van der Waals surface area contributed by atoms with E-state index >= 15 is 0 Å². The second-order valence-corrected chi connectivity index (χ2v) is 5.84. The molecular formula is C19H22O3. The van der Waals surface area contributed by atoms with E-state index in [-0.39, 0.29) is 5.78 Å². The fourth-order valence-electron chi connectivity index (χ4n) is 2.55. The van der Waals surface area contributed by atoms with Gasteiger partial charge >= 0.3 is 0 Å². The second-order valence-electron chi connectivity index (χ2n) is 5.84. The summed E-state index contributed by atoms with van der Waals surface area (Å²) in [5.41, 5.74) is 1.93. The Morgan fingerprint density at radius 1 is 0.955 bits per heavy atom. The van der Waals surface area contributed by atoms with Crippen LogP contribution in [0, 0.1) is 6.92 Å². The number of hydrogen-bond acceptors (Lipinski definition) is 3. The molecule has 0 N–H and O–H groups in total. The number of aryl methyl sites for hydroxylation is 1. The number of hydrogen-bond donors (Lipinski definition) is 0. The monoisotopic (exact) mass is 298 g/mol. The maximum Gasteiger partial charge on any atom is 0.173 e. The molecule has 0 aliphatic heterocycles. The van der Waals surface area contributed by atoms with Crippen molar-refractivity contribution in [1.82, 2.24) is 0 Å². The largest absolute Gasteiger partial charge is 0.493 e. The fourth-order valence-corrected chi connectivity index (χ4v) is 2.55. The summed E-state index contributed by atoms with van der Waals surface area (Å²) in [5, 5.41) is 0. The lowest BCUT2D eigenvalue weighted by Gasteiger charge is -2.25. The number of carbonyl (C=O) groups excluding carboxylic acids is 1. The number of ether oxygens (including phenoxy) is 2. The third kappa shape index (κ3) is 2.84. The van der Waals surface area contributed by atoms with Crippen molar-refractivity contribution in [2.24, 2.45) is 0 Å². The van der Waals surface area contributed by atoms with Crippen LogP contribution in [0.15, 0.2) is 42.5 Å². The van der Waals surface area contributed by atoms with Gasteiger partial charge in [-0.1, -0.05) is 30.3 Å². The highest BCUT2D eigenvalue weighted by atomic mass is 16.5. The molecule has 0 fully saturated rings. The first-order valence-corrected chi connectivity index (χ1v) is 7.24. The SMILES string of the molecule is COc1cc(C)c(C(=O)C(C)(C)c2ccccc2)cc1OC. The molecule has 0 atom stereocenters. The summed E-state index contributed by atoms with van der Waals surface area (Å²) in [4.78, 5) is 13.1. The maximum atomic E-state index is 13.1. The lowest BCUT2D eigenvalue weighted by atomic mass is 9.77. The van der Waals surface area contributed by atoms with Gasteiger partial charge in [-0.15, -0.1) is 0 Å². The molecule has 22 heavy (non-hydrogen) atoms. The highest BCUT2D eigenvalue weighted by Crippen LogP contribution is 2.34. The van der Waals surface area contributed by atoms with E-state index in [1.165, 1.54) is 0 Å². The summed E-state index contributed by atoms with van der Waals surface area (Å²) >= 11 is 0. The lowest BCUT2D eigenvalue weighted by Crippen LogP contribution is -2.29. The van der Waals surface area contributed by atoms with E-state index in [4.69, 9.17) is 9.47 Å². The zero-order valence-corrected chi connectivity index (χ0v) is 13.8. The molecule has 3 heteroatoms. The van der Waals surface area contributed by atoms with Gasteiger partial charge in [0, 0.05) is 5.56 Å². The Morgan fingerprint density at radius 3 is 2.05 bits per heavy atom. The van der Waals surface area contributed by atoms with Crippen LogP contribution in [0.5, 0.6) is 11.5 Å². The minimum atomic E-state index is -0.606. The van der Waals surface area contributed by atoms with Crippen molar-refractivity contribution < 1.29 is 14.3 Å². The fraction of sp³-hybridized carbons (Fsp3) is 0.316. The predicted molar refractivity (Wildman–Crippen MR) is 88.1 cm³/mol. The van der Waals surface area contributed by atoms with Gasteiger partial charge in [-0.2, -0.15) is 0 Å². The highest BCUT2D eigenvalue weighted by molar-refractivity contribution is 6.05. The molecule has 116 valence electrons. The van der Waals surface area contributed by atoms with E-state index < -0.39 is 5.41 Å². The molecule has 0 amide bonds. The van der Waals surface area contributed by atoms with E-state index in [0.29, 0.717) is 17.1 Å². The van der Waals surface area contributed by atoms with Gasteiger partial charge in [-0.3, -0.25) is 4.79 Å². The molecule has 0 heterocycles. The Bertz CT molecular complexity index is 673. The summed E-state index contributed by atoms with van der Waals surface area (Å²) < 4.78 is 10.6. The van der Waals surface area contributed by atoms with Gasteiger partial charge in [-0.25, -0.2) is 0 Å². The molecule has 0 aliphatic carbocycles. The number of methoxy groups -OCH3 is 2. The maximum absolute atomic E-state index is 13.1. The molecule has 0 aromatic heterocycles.